The Balaban J connectivity index is 0.00000205. The highest BCUT2D eigenvalue weighted by atomic mass is 19.4. The van der Waals surface area contributed by atoms with Crippen molar-refractivity contribution in [2.24, 2.45) is 0 Å². The van der Waals surface area contributed by atoms with E-state index in [1.165, 1.54) is 37.3 Å². The molecule has 39 heavy (non-hydrogen) atoms. The molecular weight excluding hydrogens is 510 g/mol. The molecule has 0 saturated carbocycles. The van der Waals surface area contributed by atoms with Gasteiger partial charge in [0.15, 0.2) is 0 Å². The van der Waals surface area contributed by atoms with Crippen molar-refractivity contribution in [3.8, 4) is 6.07 Å². The number of amides is 2. The normalized spacial score (nSPS) is 15.3. The molecule has 1 aliphatic heterocycles. The quantitative estimate of drug-likeness (QED) is 0.362. The monoisotopic (exact) mass is 537 g/mol. The van der Waals surface area contributed by atoms with Gasteiger partial charge in [0.2, 0.25) is 11.8 Å². The first kappa shape index (κ1) is 29.1. The number of alkyl halides is 3. The number of allylic oxidation sites excluding steroid dienone is 1. The lowest BCUT2D eigenvalue weighted by Crippen LogP contribution is -2.41. The SMILES string of the molecule is CC.CC1=C(C(=O)NCc2ccccc2F)C(c2ccc(C#N)cc2)CC(=O)N1c1cccc(C(F)(F)F)c1. The van der Waals surface area contributed by atoms with Crippen LogP contribution in [0.5, 0.6) is 0 Å². The minimum atomic E-state index is -4.61. The Bertz CT molecular complexity index is 1420. The zero-order valence-corrected chi connectivity index (χ0v) is 21.6. The average Bonchev–Trinajstić information content (AvgIpc) is 2.93. The Morgan fingerprint density at radius 2 is 1.72 bits per heavy atom. The molecule has 5 nitrogen and oxygen atoms in total. The highest BCUT2D eigenvalue weighted by molar-refractivity contribution is 6.06. The molecule has 0 saturated heterocycles. The molecule has 1 unspecified atom stereocenters. The van der Waals surface area contributed by atoms with Gasteiger partial charge in [0.05, 0.1) is 17.2 Å². The van der Waals surface area contributed by atoms with Crippen molar-refractivity contribution in [3.05, 3.63) is 112 Å². The molecule has 0 spiro atoms. The summed E-state index contributed by atoms with van der Waals surface area (Å²) in [7, 11) is 0. The van der Waals surface area contributed by atoms with E-state index in [0.29, 0.717) is 11.1 Å². The second-order valence-electron chi connectivity index (χ2n) is 8.54. The summed E-state index contributed by atoms with van der Waals surface area (Å²) >= 11 is 0. The van der Waals surface area contributed by atoms with Crippen molar-refractivity contribution in [1.29, 1.82) is 5.26 Å². The number of halogens is 4. The Labute approximate surface area is 224 Å². The second kappa shape index (κ2) is 12.4. The maximum Gasteiger partial charge on any atom is 0.416 e. The topological polar surface area (TPSA) is 73.2 Å². The minimum absolute atomic E-state index is 0.0185. The van der Waals surface area contributed by atoms with Crippen LogP contribution in [-0.2, 0) is 22.3 Å². The molecule has 9 heteroatoms. The van der Waals surface area contributed by atoms with E-state index in [1.54, 1.807) is 30.3 Å². The molecule has 1 atom stereocenters. The fourth-order valence-corrected chi connectivity index (χ4v) is 4.40. The van der Waals surface area contributed by atoms with E-state index < -0.39 is 35.3 Å². The molecule has 2 amide bonds. The Kier molecular flexibility index (Phi) is 9.25. The van der Waals surface area contributed by atoms with E-state index >= 15 is 0 Å². The number of rotatable bonds is 5. The number of hydrogen-bond donors (Lipinski definition) is 1. The number of nitrogens with zero attached hydrogens (tertiary/aromatic N) is 2. The summed E-state index contributed by atoms with van der Waals surface area (Å²) < 4.78 is 54.1. The molecule has 3 aromatic carbocycles. The molecule has 0 bridgehead atoms. The Hall–Kier alpha value is -4.45. The Morgan fingerprint density at radius 1 is 1.05 bits per heavy atom. The van der Waals surface area contributed by atoms with Crippen LogP contribution in [0.4, 0.5) is 23.2 Å². The first-order valence-corrected chi connectivity index (χ1v) is 12.3. The maximum absolute atomic E-state index is 14.1. The van der Waals surface area contributed by atoms with Crippen molar-refractivity contribution >= 4 is 17.5 Å². The maximum atomic E-state index is 14.1. The summed E-state index contributed by atoms with van der Waals surface area (Å²) in [6, 6.07) is 18.7. The summed E-state index contributed by atoms with van der Waals surface area (Å²) in [5.74, 6) is -2.29. The summed E-state index contributed by atoms with van der Waals surface area (Å²) in [6.45, 7) is 5.37. The third-order valence-corrected chi connectivity index (χ3v) is 6.22. The molecule has 0 aromatic heterocycles. The number of benzene rings is 3. The number of anilines is 1. The number of nitrogens with one attached hydrogen (secondary N) is 1. The lowest BCUT2D eigenvalue weighted by atomic mass is 9.82. The third kappa shape index (κ3) is 6.52. The molecular formula is C30H27F4N3O2. The number of nitriles is 1. The van der Waals surface area contributed by atoms with Crippen LogP contribution in [0.25, 0.3) is 0 Å². The fourth-order valence-electron chi connectivity index (χ4n) is 4.40. The molecule has 202 valence electrons. The molecule has 0 aliphatic carbocycles. The van der Waals surface area contributed by atoms with Crippen LogP contribution in [0.1, 0.15) is 55.4 Å². The lowest BCUT2D eigenvalue weighted by Gasteiger charge is -2.35. The predicted molar refractivity (Wildman–Crippen MR) is 140 cm³/mol. The van der Waals surface area contributed by atoms with E-state index in [2.05, 4.69) is 5.32 Å². The van der Waals surface area contributed by atoms with Crippen LogP contribution in [0.15, 0.2) is 84.1 Å². The van der Waals surface area contributed by atoms with Crippen molar-refractivity contribution < 1.29 is 27.2 Å². The molecule has 1 heterocycles. The van der Waals surface area contributed by atoms with Crippen LogP contribution >= 0.6 is 0 Å². The van der Waals surface area contributed by atoms with E-state index in [9.17, 15) is 27.2 Å². The van der Waals surface area contributed by atoms with Crippen LogP contribution in [0, 0.1) is 17.1 Å². The van der Waals surface area contributed by atoms with Gasteiger partial charge in [-0.25, -0.2) is 4.39 Å². The van der Waals surface area contributed by atoms with E-state index in [0.717, 1.165) is 17.0 Å². The van der Waals surface area contributed by atoms with Gasteiger partial charge in [-0.1, -0.05) is 50.2 Å². The smallest absolute Gasteiger partial charge is 0.348 e. The van der Waals surface area contributed by atoms with Gasteiger partial charge in [-0.2, -0.15) is 18.4 Å². The van der Waals surface area contributed by atoms with Gasteiger partial charge in [0.25, 0.3) is 0 Å². The van der Waals surface area contributed by atoms with Gasteiger partial charge in [-0.3, -0.25) is 14.5 Å². The number of carbonyl (C=O) groups excluding carboxylic acids is 2. The van der Waals surface area contributed by atoms with E-state index in [-0.39, 0.29) is 35.5 Å². The van der Waals surface area contributed by atoms with Gasteiger partial charge < -0.3 is 5.32 Å². The molecule has 0 fully saturated rings. The van der Waals surface area contributed by atoms with Crippen molar-refractivity contribution in [3.63, 3.8) is 0 Å². The van der Waals surface area contributed by atoms with Gasteiger partial charge in [0, 0.05) is 41.4 Å². The first-order valence-electron chi connectivity index (χ1n) is 12.3. The minimum Gasteiger partial charge on any atom is -0.348 e. The van der Waals surface area contributed by atoms with Gasteiger partial charge in [-0.15, -0.1) is 0 Å². The first-order chi connectivity index (χ1) is 18.6. The molecule has 1 aliphatic rings. The highest BCUT2D eigenvalue weighted by Crippen LogP contribution is 2.40. The zero-order chi connectivity index (χ0) is 28.7. The molecule has 1 N–H and O–H groups in total. The van der Waals surface area contributed by atoms with Crippen LogP contribution < -0.4 is 10.2 Å². The molecule has 4 rings (SSSR count). The lowest BCUT2D eigenvalue weighted by molar-refractivity contribution is -0.137. The van der Waals surface area contributed by atoms with Crippen LogP contribution in [0.3, 0.4) is 0 Å². The molecule has 0 radical (unpaired) electrons. The van der Waals surface area contributed by atoms with Crippen LogP contribution in [0.2, 0.25) is 0 Å². The van der Waals surface area contributed by atoms with E-state index in [1.807, 2.05) is 19.9 Å². The number of carbonyl (C=O) groups is 2. The zero-order valence-electron chi connectivity index (χ0n) is 21.6. The average molecular weight is 538 g/mol. The standard InChI is InChI=1S/C28H21F4N3O2.C2H6/c1-17-26(27(37)34-16-20-5-2-3-8-24(20)29)23(19-11-9-18(15-33)10-12-19)14-25(36)35(17)22-7-4-6-21(13-22)28(30,31)32;1-2/h2-13,23H,14,16H2,1H3,(H,34,37);1-2H3. The van der Waals surface area contributed by atoms with Crippen molar-refractivity contribution in [2.45, 2.75) is 45.8 Å². The second-order valence-corrected chi connectivity index (χ2v) is 8.54. The summed E-state index contributed by atoms with van der Waals surface area (Å²) in [6.07, 6.45) is -4.81. The highest BCUT2D eigenvalue weighted by Gasteiger charge is 2.38. The van der Waals surface area contributed by atoms with Gasteiger partial charge in [-0.05, 0) is 48.9 Å². The fraction of sp³-hybridized carbons (Fsp3) is 0.233. The molecule has 3 aromatic rings. The third-order valence-electron chi connectivity index (χ3n) is 6.22. The van der Waals surface area contributed by atoms with Crippen molar-refractivity contribution in [2.75, 3.05) is 4.90 Å². The summed E-state index contributed by atoms with van der Waals surface area (Å²) in [5, 5.41) is 11.8. The number of hydrogen-bond acceptors (Lipinski definition) is 3. The Morgan fingerprint density at radius 3 is 2.33 bits per heavy atom. The largest absolute Gasteiger partial charge is 0.416 e. The van der Waals surface area contributed by atoms with Gasteiger partial charge >= 0.3 is 6.18 Å². The summed E-state index contributed by atoms with van der Waals surface area (Å²) in [5.41, 5.74) is 0.620. The predicted octanol–water partition coefficient (Wildman–Crippen LogP) is 6.85. The van der Waals surface area contributed by atoms with Gasteiger partial charge in [0.1, 0.15) is 5.82 Å². The van der Waals surface area contributed by atoms with Crippen LogP contribution in [-0.4, -0.2) is 11.8 Å². The van der Waals surface area contributed by atoms with E-state index in [4.69, 9.17) is 5.26 Å². The summed E-state index contributed by atoms with van der Waals surface area (Å²) in [4.78, 5) is 27.8. The van der Waals surface area contributed by atoms with Crippen molar-refractivity contribution in [1.82, 2.24) is 5.32 Å².